The van der Waals surface area contributed by atoms with Crippen molar-refractivity contribution in [1.29, 1.82) is 0 Å². The second-order valence-corrected chi connectivity index (χ2v) is 6.08. The topological polar surface area (TPSA) is 75.4 Å². The molecule has 5 nitrogen and oxygen atoms in total. The number of rotatable bonds is 3. The number of benzene rings is 3. The summed E-state index contributed by atoms with van der Waals surface area (Å²) in [5, 5.41) is 17.5. The van der Waals surface area contributed by atoms with Gasteiger partial charge in [-0.25, -0.2) is 0 Å². The summed E-state index contributed by atoms with van der Waals surface area (Å²) in [6.07, 6.45) is 0. The van der Waals surface area contributed by atoms with Gasteiger partial charge in [0.25, 0.3) is 5.91 Å². The number of carbonyl (C=O) groups excluding carboxylic acids is 1. The van der Waals surface area contributed by atoms with E-state index in [0.717, 1.165) is 16.5 Å². The molecule has 0 saturated heterocycles. The summed E-state index contributed by atoms with van der Waals surface area (Å²) < 4.78 is 5.46. The molecule has 0 aliphatic carbocycles. The second kappa shape index (κ2) is 6.37. The van der Waals surface area contributed by atoms with E-state index in [9.17, 15) is 9.90 Å². The molecule has 0 saturated carbocycles. The van der Waals surface area contributed by atoms with Gasteiger partial charge in [-0.15, -0.1) is 0 Å². The minimum absolute atomic E-state index is 0.0365. The number of carbonyl (C=O) groups is 1. The minimum atomic E-state index is -0.314. The molecule has 0 aliphatic rings. The van der Waals surface area contributed by atoms with E-state index in [0.29, 0.717) is 22.5 Å². The Balaban J connectivity index is 1.69. The Bertz CT molecular complexity index is 1100. The second-order valence-electron chi connectivity index (χ2n) is 6.08. The smallest absolute Gasteiger partial charge is 0.255 e. The lowest BCUT2D eigenvalue weighted by Gasteiger charge is -2.08. The highest BCUT2D eigenvalue weighted by molar-refractivity contribution is 6.08. The standard InChI is InChI=1S/C21H16N2O3/c1-13-7-9-18(19(24)11-13)22-21(25)15-8-10-17-16(12-15)20(26-23-17)14-5-3-2-4-6-14/h2-12,24H,1H3,(H,22,25). The highest BCUT2D eigenvalue weighted by Gasteiger charge is 2.15. The number of anilines is 1. The third-order valence-corrected chi connectivity index (χ3v) is 4.18. The molecule has 1 heterocycles. The summed E-state index contributed by atoms with van der Waals surface area (Å²) in [5.74, 6) is 0.342. The predicted molar refractivity (Wildman–Crippen MR) is 100 cm³/mol. The van der Waals surface area contributed by atoms with Crippen molar-refractivity contribution in [3.05, 3.63) is 77.9 Å². The zero-order valence-electron chi connectivity index (χ0n) is 14.1. The molecular weight excluding hydrogens is 328 g/mol. The Labute approximate surface area is 149 Å². The summed E-state index contributed by atoms with van der Waals surface area (Å²) in [7, 11) is 0. The molecule has 0 radical (unpaired) electrons. The number of nitrogens with zero attached hydrogens (tertiary/aromatic N) is 1. The van der Waals surface area contributed by atoms with E-state index in [4.69, 9.17) is 4.52 Å². The third-order valence-electron chi connectivity index (χ3n) is 4.18. The molecule has 0 bridgehead atoms. The number of hydrogen-bond donors (Lipinski definition) is 2. The number of phenolic OH excluding ortho intramolecular Hbond substituents is 1. The van der Waals surface area contributed by atoms with Crippen molar-refractivity contribution in [3.8, 4) is 17.1 Å². The molecule has 5 heteroatoms. The van der Waals surface area contributed by atoms with Crippen LogP contribution >= 0.6 is 0 Å². The largest absolute Gasteiger partial charge is 0.506 e. The first-order chi connectivity index (χ1) is 12.6. The molecule has 0 aliphatic heterocycles. The Morgan fingerprint density at radius 2 is 1.85 bits per heavy atom. The number of aromatic nitrogens is 1. The normalized spacial score (nSPS) is 10.8. The van der Waals surface area contributed by atoms with Crippen molar-refractivity contribution in [2.24, 2.45) is 0 Å². The van der Waals surface area contributed by atoms with Crippen LogP contribution in [0.1, 0.15) is 15.9 Å². The van der Waals surface area contributed by atoms with Gasteiger partial charge in [-0.2, -0.15) is 0 Å². The van der Waals surface area contributed by atoms with Crippen molar-refractivity contribution in [3.63, 3.8) is 0 Å². The van der Waals surface area contributed by atoms with E-state index in [1.165, 1.54) is 0 Å². The molecule has 4 rings (SSSR count). The first kappa shape index (κ1) is 15.9. The maximum Gasteiger partial charge on any atom is 0.255 e. The molecule has 2 N–H and O–H groups in total. The Kier molecular flexibility index (Phi) is 3.89. The monoisotopic (exact) mass is 344 g/mol. The maximum absolute atomic E-state index is 12.6. The van der Waals surface area contributed by atoms with Crippen molar-refractivity contribution in [1.82, 2.24) is 5.16 Å². The molecule has 4 aromatic rings. The predicted octanol–water partition coefficient (Wildman–Crippen LogP) is 4.76. The average Bonchev–Trinajstić information content (AvgIpc) is 3.08. The van der Waals surface area contributed by atoms with Crippen LogP contribution in [-0.4, -0.2) is 16.2 Å². The third kappa shape index (κ3) is 2.91. The number of nitrogens with one attached hydrogen (secondary N) is 1. The van der Waals surface area contributed by atoms with Gasteiger partial charge in [0.2, 0.25) is 0 Å². The summed E-state index contributed by atoms with van der Waals surface area (Å²) in [6.45, 7) is 1.87. The van der Waals surface area contributed by atoms with Crippen LogP contribution < -0.4 is 5.32 Å². The zero-order chi connectivity index (χ0) is 18.1. The fourth-order valence-electron chi connectivity index (χ4n) is 2.82. The van der Waals surface area contributed by atoms with Crippen LogP contribution in [0, 0.1) is 6.92 Å². The summed E-state index contributed by atoms with van der Waals surface area (Å²) in [5.41, 5.74) is 3.31. The Morgan fingerprint density at radius 1 is 1.04 bits per heavy atom. The average molecular weight is 344 g/mol. The number of aromatic hydroxyl groups is 1. The van der Waals surface area contributed by atoms with Crippen LogP contribution in [0.25, 0.3) is 22.2 Å². The van der Waals surface area contributed by atoms with Crippen molar-refractivity contribution < 1.29 is 14.4 Å². The highest BCUT2D eigenvalue weighted by atomic mass is 16.5. The van der Waals surface area contributed by atoms with E-state index < -0.39 is 0 Å². The van der Waals surface area contributed by atoms with E-state index in [2.05, 4.69) is 10.5 Å². The first-order valence-corrected chi connectivity index (χ1v) is 8.17. The van der Waals surface area contributed by atoms with Gasteiger partial charge < -0.3 is 14.9 Å². The van der Waals surface area contributed by atoms with Crippen molar-refractivity contribution >= 4 is 22.5 Å². The summed E-state index contributed by atoms with van der Waals surface area (Å²) in [6, 6.07) is 19.9. The van der Waals surface area contributed by atoms with Crippen LogP contribution in [0.15, 0.2) is 71.3 Å². The van der Waals surface area contributed by atoms with Crippen LogP contribution in [0.3, 0.4) is 0 Å². The van der Waals surface area contributed by atoms with Gasteiger partial charge in [0, 0.05) is 11.1 Å². The van der Waals surface area contributed by atoms with E-state index in [1.54, 1.807) is 30.3 Å². The van der Waals surface area contributed by atoms with Gasteiger partial charge in [0.1, 0.15) is 11.3 Å². The van der Waals surface area contributed by atoms with Crippen molar-refractivity contribution in [2.45, 2.75) is 6.92 Å². The van der Waals surface area contributed by atoms with Gasteiger partial charge in [-0.05, 0) is 42.8 Å². The van der Waals surface area contributed by atoms with Gasteiger partial charge in [0.05, 0.1) is 11.1 Å². The van der Waals surface area contributed by atoms with Gasteiger partial charge in [-0.3, -0.25) is 4.79 Å². The van der Waals surface area contributed by atoms with E-state index in [-0.39, 0.29) is 11.7 Å². The molecule has 128 valence electrons. The van der Waals surface area contributed by atoms with Gasteiger partial charge in [0.15, 0.2) is 5.76 Å². The molecule has 1 amide bonds. The van der Waals surface area contributed by atoms with Crippen LogP contribution in [0.5, 0.6) is 5.75 Å². The fraction of sp³-hybridized carbons (Fsp3) is 0.0476. The molecule has 26 heavy (non-hydrogen) atoms. The zero-order valence-corrected chi connectivity index (χ0v) is 14.1. The maximum atomic E-state index is 12.6. The number of amides is 1. The quantitative estimate of drug-likeness (QED) is 0.525. The van der Waals surface area contributed by atoms with Crippen LogP contribution in [-0.2, 0) is 0 Å². The molecular formula is C21H16N2O3. The molecule has 0 fully saturated rings. The minimum Gasteiger partial charge on any atom is -0.506 e. The lowest BCUT2D eigenvalue weighted by Crippen LogP contribution is -2.11. The first-order valence-electron chi connectivity index (χ1n) is 8.17. The Morgan fingerprint density at radius 3 is 2.62 bits per heavy atom. The molecule has 3 aromatic carbocycles. The van der Waals surface area contributed by atoms with E-state index >= 15 is 0 Å². The van der Waals surface area contributed by atoms with Crippen LogP contribution in [0.2, 0.25) is 0 Å². The molecule has 0 spiro atoms. The number of hydrogen-bond acceptors (Lipinski definition) is 4. The summed E-state index contributed by atoms with van der Waals surface area (Å²) >= 11 is 0. The van der Waals surface area contributed by atoms with E-state index in [1.807, 2.05) is 43.3 Å². The number of fused-ring (bicyclic) bond motifs is 1. The lowest BCUT2D eigenvalue weighted by molar-refractivity contribution is 0.102. The molecule has 0 unspecified atom stereocenters. The fourth-order valence-corrected chi connectivity index (χ4v) is 2.82. The highest BCUT2D eigenvalue weighted by Crippen LogP contribution is 2.30. The number of phenols is 1. The SMILES string of the molecule is Cc1ccc(NC(=O)c2ccc3noc(-c4ccccc4)c3c2)c(O)c1. The Hall–Kier alpha value is -3.60. The molecule has 1 aromatic heterocycles. The van der Waals surface area contributed by atoms with Gasteiger partial charge >= 0.3 is 0 Å². The van der Waals surface area contributed by atoms with Crippen molar-refractivity contribution in [2.75, 3.05) is 5.32 Å². The summed E-state index contributed by atoms with van der Waals surface area (Å²) in [4.78, 5) is 12.6. The lowest BCUT2D eigenvalue weighted by atomic mass is 10.1. The number of aryl methyl sites for hydroxylation is 1. The van der Waals surface area contributed by atoms with Crippen LogP contribution in [0.4, 0.5) is 5.69 Å². The molecule has 0 atom stereocenters. The van der Waals surface area contributed by atoms with Gasteiger partial charge in [-0.1, -0.05) is 41.6 Å².